The SMILES string of the molecule is CCCCNC(=O)CSc1nnc(-c2sc(C)nc2C)o1. The third kappa shape index (κ3) is 4.53. The van der Waals surface area contributed by atoms with Crippen LogP contribution in [-0.4, -0.2) is 33.4 Å². The van der Waals surface area contributed by atoms with Crippen molar-refractivity contribution in [1.29, 1.82) is 0 Å². The highest BCUT2D eigenvalue weighted by Crippen LogP contribution is 2.30. The number of hydrogen-bond acceptors (Lipinski definition) is 7. The number of carbonyl (C=O) groups excluding carboxylic acids is 1. The molecule has 8 heteroatoms. The predicted octanol–water partition coefficient (Wildman–Crippen LogP) is 2.82. The van der Waals surface area contributed by atoms with Crippen molar-refractivity contribution in [3.8, 4) is 10.8 Å². The molecule has 1 N–H and O–H groups in total. The first-order valence-electron chi connectivity index (χ1n) is 6.77. The molecule has 0 aromatic carbocycles. The normalized spacial score (nSPS) is 10.8. The molecule has 0 fully saturated rings. The molecule has 2 aromatic rings. The average molecular weight is 326 g/mol. The van der Waals surface area contributed by atoms with Gasteiger partial charge in [0.2, 0.25) is 5.91 Å². The maximum Gasteiger partial charge on any atom is 0.277 e. The van der Waals surface area contributed by atoms with Gasteiger partial charge in [0.1, 0.15) is 4.88 Å². The Hall–Kier alpha value is -1.41. The summed E-state index contributed by atoms with van der Waals surface area (Å²) >= 11 is 2.77. The predicted molar refractivity (Wildman–Crippen MR) is 83.5 cm³/mol. The van der Waals surface area contributed by atoms with Gasteiger partial charge in [0, 0.05) is 6.54 Å². The van der Waals surface area contributed by atoms with E-state index in [1.165, 1.54) is 23.1 Å². The molecule has 2 heterocycles. The Kier molecular flexibility index (Phi) is 5.75. The number of amides is 1. The number of unbranched alkanes of at least 4 members (excludes halogenated alkanes) is 1. The maximum atomic E-state index is 11.6. The molecule has 0 saturated heterocycles. The number of hydrogen-bond donors (Lipinski definition) is 1. The van der Waals surface area contributed by atoms with Crippen LogP contribution in [0.2, 0.25) is 0 Å². The highest BCUT2D eigenvalue weighted by atomic mass is 32.2. The zero-order valence-electron chi connectivity index (χ0n) is 12.3. The molecule has 0 atom stereocenters. The molecule has 6 nitrogen and oxygen atoms in total. The van der Waals surface area contributed by atoms with Crippen LogP contribution in [0.4, 0.5) is 0 Å². The minimum Gasteiger partial charge on any atom is -0.410 e. The molecule has 2 rings (SSSR count). The zero-order valence-corrected chi connectivity index (χ0v) is 13.9. The molecular formula is C13H18N4O2S2. The smallest absolute Gasteiger partial charge is 0.277 e. The van der Waals surface area contributed by atoms with Crippen molar-refractivity contribution in [1.82, 2.24) is 20.5 Å². The van der Waals surface area contributed by atoms with E-state index in [-0.39, 0.29) is 11.7 Å². The average Bonchev–Trinajstić information content (AvgIpc) is 3.03. The summed E-state index contributed by atoms with van der Waals surface area (Å²) in [6.45, 7) is 6.65. The summed E-state index contributed by atoms with van der Waals surface area (Å²) in [5, 5.41) is 12.2. The van der Waals surface area contributed by atoms with Gasteiger partial charge in [-0.05, 0) is 20.3 Å². The summed E-state index contributed by atoms with van der Waals surface area (Å²) in [6.07, 6.45) is 2.05. The molecule has 0 spiro atoms. The van der Waals surface area contributed by atoms with Crippen LogP contribution in [-0.2, 0) is 4.79 Å². The van der Waals surface area contributed by atoms with Crippen molar-refractivity contribution in [2.75, 3.05) is 12.3 Å². The lowest BCUT2D eigenvalue weighted by atomic mass is 10.3. The number of carbonyl (C=O) groups is 1. The zero-order chi connectivity index (χ0) is 15.2. The largest absolute Gasteiger partial charge is 0.410 e. The maximum absolute atomic E-state index is 11.6. The van der Waals surface area contributed by atoms with E-state index in [2.05, 4.69) is 27.4 Å². The molecule has 0 saturated carbocycles. The lowest BCUT2D eigenvalue weighted by Crippen LogP contribution is -2.25. The number of thiazole rings is 1. The Balaban J connectivity index is 1.89. The highest BCUT2D eigenvalue weighted by molar-refractivity contribution is 7.99. The topological polar surface area (TPSA) is 80.9 Å². The molecule has 21 heavy (non-hydrogen) atoms. The van der Waals surface area contributed by atoms with E-state index in [1.807, 2.05) is 13.8 Å². The van der Waals surface area contributed by atoms with Crippen molar-refractivity contribution in [2.24, 2.45) is 0 Å². The van der Waals surface area contributed by atoms with Gasteiger partial charge in [-0.15, -0.1) is 21.5 Å². The Morgan fingerprint density at radius 3 is 2.86 bits per heavy atom. The van der Waals surface area contributed by atoms with Gasteiger partial charge in [0.05, 0.1) is 16.5 Å². The first kappa shape index (κ1) is 16.0. The Morgan fingerprint density at radius 2 is 2.19 bits per heavy atom. The van der Waals surface area contributed by atoms with Gasteiger partial charge in [-0.2, -0.15) is 0 Å². The Labute approximate surface area is 131 Å². The molecule has 1 amide bonds. The lowest BCUT2D eigenvalue weighted by molar-refractivity contribution is -0.118. The van der Waals surface area contributed by atoms with Crippen molar-refractivity contribution in [3.63, 3.8) is 0 Å². The number of rotatable bonds is 7. The van der Waals surface area contributed by atoms with Crippen molar-refractivity contribution in [2.45, 2.75) is 38.8 Å². The standard InChI is InChI=1S/C13H18N4O2S2/c1-4-5-6-14-10(18)7-20-13-17-16-12(19-13)11-8(2)15-9(3)21-11/h4-7H2,1-3H3,(H,14,18). The second-order valence-corrected chi connectivity index (χ2v) is 6.64. The minimum atomic E-state index is -0.0157. The molecule has 114 valence electrons. The van der Waals surface area contributed by atoms with Gasteiger partial charge in [-0.1, -0.05) is 25.1 Å². The summed E-state index contributed by atoms with van der Waals surface area (Å²) in [5.74, 6) is 0.733. The monoisotopic (exact) mass is 326 g/mol. The summed E-state index contributed by atoms with van der Waals surface area (Å²) in [5.41, 5.74) is 0.884. The van der Waals surface area contributed by atoms with E-state index in [0.29, 0.717) is 17.7 Å². The summed E-state index contributed by atoms with van der Waals surface area (Å²) in [7, 11) is 0. The highest BCUT2D eigenvalue weighted by Gasteiger charge is 2.15. The van der Waals surface area contributed by atoms with Gasteiger partial charge >= 0.3 is 0 Å². The minimum absolute atomic E-state index is 0.0157. The van der Waals surface area contributed by atoms with Crippen LogP contribution < -0.4 is 5.32 Å². The molecule has 0 aliphatic rings. The first-order chi connectivity index (χ1) is 10.1. The van der Waals surface area contributed by atoms with Crippen molar-refractivity contribution in [3.05, 3.63) is 10.7 Å². The molecule has 0 radical (unpaired) electrons. The molecule has 2 aromatic heterocycles. The van der Waals surface area contributed by atoms with E-state index < -0.39 is 0 Å². The fraction of sp³-hybridized carbons (Fsp3) is 0.538. The number of aromatic nitrogens is 3. The quantitative estimate of drug-likeness (QED) is 0.622. The van der Waals surface area contributed by atoms with Crippen LogP contribution in [0, 0.1) is 13.8 Å². The van der Waals surface area contributed by atoms with Crippen LogP contribution in [0.15, 0.2) is 9.64 Å². The third-order valence-corrected chi connectivity index (χ3v) is 4.56. The van der Waals surface area contributed by atoms with Crippen LogP contribution in [0.1, 0.15) is 30.5 Å². The summed E-state index contributed by atoms with van der Waals surface area (Å²) < 4.78 is 5.57. The van der Waals surface area contributed by atoms with Gasteiger partial charge in [-0.3, -0.25) is 4.79 Å². The van der Waals surface area contributed by atoms with E-state index in [0.717, 1.165) is 28.4 Å². The number of nitrogens with zero attached hydrogens (tertiary/aromatic N) is 3. The third-order valence-electron chi connectivity index (χ3n) is 2.68. The molecule has 0 unspecified atom stereocenters. The number of thioether (sulfide) groups is 1. The van der Waals surface area contributed by atoms with Crippen LogP contribution >= 0.6 is 23.1 Å². The number of aryl methyl sites for hydroxylation is 2. The molecule has 0 bridgehead atoms. The van der Waals surface area contributed by atoms with E-state index >= 15 is 0 Å². The van der Waals surface area contributed by atoms with Crippen LogP contribution in [0.3, 0.4) is 0 Å². The second kappa shape index (κ2) is 7.56. The van der Waals surface area contributed by atoms with Gasteiger partial charge in [-0.25, -0.2) is 4.98 Å². The Bertz CT molecular complexity index is 609. The fourth-order valence-electron chi connectivity index (χ4n) is 1.67. The number of nitrogens with one attached hydrogen (secondary N) is 1. The molecule has 0 aliphatic heterocycles. The summed E-state index contributed by atoms with van der Waals surface area (Å²) in [6, 6.07) is 0. The molecular weight excluding hydrogens is 308 g/mol. The van der Waals surface area contributed by atoms with Crippen LogP contribution in [0.25, 0.3) is 10.8 Å². The van der Waals surface area contributed by atoms with Crippen molar-refractivity contribution < 1.29 is 9.21 Å². The first-order valence-corrected chi connectivity index (χ1v) is 8.57. The fourth-order valence-corrected chi connectivity index (χ4v) is 3.11. The van der Waals surface area contributed by atoms with Crippen molar-refractivity contribution >= 4 is 29.0 Å². The lowest BCUT2D eigenvalue weighted by Gasteiger charge is -2.01. The summed E-state index contributed by atoms with van der Waals surface area (Å²) in [4.78, 5) is 16.8. The molecule has 0 aliphatic carbocycles. The second-order valence-electron chi connectivity index (χ2n) is 4.51. The van der Waals surface area contributed by atoms with Gasteiger partial charge in [0.15, 0.2) is 0 Å². The van der Waals surface area contributed by atoms with Gasteiger partial charge in [0.25, 0.3) is 11.1 Å². The van der Waals surface area contributed by atoms with E-state index in [1.54, 1.807) is 0 Å². The van der Waals surface area contributed by atoms with Gasteiger partial charge < -0.3 is 9.73 Å². The van der Waals surface area contributed by atoms with E-state index in [9.17, 15) is 4.79 Å². The Morgan fingerprint density at radius 1 is 1.38 bits per heavy atom. The van der Waals surface area contributed by atoms with Crippen LogP contribution in [0.5, 0.6) is 0 Å². The van der Waals surface area contributed by atoms with E-state index in [4.69, 9.17) is 4.42 Å².